The molecule has 2 aromatic carbocycles. The molecule has 1 aliphatic rings. The van der Waals surface area contributed by atoms with Crippen LogP contribution in [0.3, 0.4) is 0 Å². The monoisotopic (exact) mass is 532 g/mol. The molecule has 12 heteroatoms. The number of halogens is 1. The number of carbonyl (C=O) groups is 1. The van der Waals surface area contributed by atoms with E-state index in [1.54, 1.807) is 18.2 Å². The third-order valence-electron chi connectivity index (χ3n) is 5.86. The van der Waals surface area contributed by atoms with Crippen LogP contribution in [0, 0.1) is 11.7 Å². The van der Waals surface area contributed by atoms with E-state index in [0.29, 0.717) is 24.2 Å². The van der Waals surface area contributed by atoms with Gasteiger partial charge in [-0.25, -0.2) is 25.5 Å². The second-order valence-corrected chi connectivity index (χ2v) is 12.0. The summed E-state index contributed by atoms with van der Waals surface area (Å²) in [5, 5.41) is 2.76. The minimum absolute atomic E-state index is 0.0257. The van der Waals surface area contributed by atoms with Crippen molar-refractivity contribution in [3.8, 4) is 0 Å². The van der Waals surface area contributed by atoms with E-state index in [0.717, 1.165) is 0 Å². The van der Waals surface area contributed by atoms with E-state index in [-0.39, 0.29) is 29.5 Å². The average Bonchev–Trinajstić information content (AvgIpc) is 2.86. The highest BCUT2D eigenvalue weighted by atomic mass is 32.2. The normalized spacial score (nSPS) is 15.4. The number of carbonyl (C=O) groups excluding carboxylic acids is 1. The summed E-state index contributed by atoms with van der Waals surface area (Å²) in [6, 6.07) is 14.7. The van der Waals surface area contributed by atoms with E-state index in [1.807, 2.05) is 0 Å². The van der Waals surface area contributed by atoms with Crippen LogP contribution >= 0.6 is 0 Å². The molecule has 1 saturated heterocycles. The van der Waals surface area contributed by atoms with Crippen LogP contribution in [0.15, 0.2) is 78.0 Å². The Morgan fingerprint density at radius 1 is 0.944 bits per heavy atom. The Labute approximate surface area is 209 Å². The summed E-state index contributed by atoms with van der Waals surface area (Å²) >= 11 is 0. The molecule has 0 spiro atoms. The van der Waals surface area contributed by atoms with Crippen molar-refractivity contribution < 1.29 is 26.0 Å². The summed E-state index contributed by atoms with van der Waals surface area (Å²) in [4.78, 5) is 16.6. The van der Waals surface area contributed by atoms with Crippen LogP contribution in [-0.2, 0) is 30.6 Å². The van der Waals surface area contributed by atoms with Gasteiger partial charge in [0.15, 0.2) is 0 Å². The van der Waals surface area contributed by atoms with Gasteiger partial charge in [-0.05, 0) is 55.3 Å². The Morgan fingerprint density at radius 2 is 1.64 bits per heavy atom. The maximum absolute atomic E-state index is 13.9. The lowest BCUT2D eigenvalue weighted by Crippen LogP contribution is -2.42. The molecule has 3 aromatic rings. The summed E-state index contributed by atoms with van der Waals surface area (Å²) < 4.78 is 68.1. The molecule has 1 aromatic heterocycles. The van der Waals surface area contributed by atoms with Crippen molar-refractivity contribution >= 4 is 37.3 Å². The molecule has 0 atom stereocenters. The Kier molecular flexibility index (Phi) is 7.67. The molecule has 0 unspecified atom stereocenters. The molecule has 0 radical (unpaired) electrons. The highest BCUT2D eigenvalue weighted by Gasteiger charge is 2.31. The van der Waals surface area contributed by atoms with Crippen molar-refractivity contribution in [1.82, 2.24) is 9.29 Å². The van der Waals surface area contributed by atoms with Crippen LogP contribution < -0.4 is 10.0 Å². The summed E-state index contributed by atoms with van der Waals surface area (Å²) in [6.07, 6.45) is 3.57. The van der Waals surface area contributed by atoms with E-state index >= 15 is 0 Å². The maximum atomic E-state index is 13.9. The predicted octanol–water partition coefficient (Wildman–Crippen LogP) is 3.20. The summed E-state index contributed by atoms with van der Waals surface area (Å²) in [7, 11) is -7.53. The average molecular weight is 533 g/mol. The minimum atomic E-state index is -3.81. The third-order valence-corrected chi connectivity index (χ3v) is 9.08. The molecule has 36 heavy (non-hydrogen) atoms. The SMILES string of the molecule is O=C(Nc1ccc(S(=O)(=O)Nc2cccnc2)cc1)C1CCN(S(=O)(=O)Cc2ccccc2F)CC1. The second-order valence-electron chi connectivity index (χ2n) is 8.38. The van der Waals surface area contributed by atoms with Crippen molar-refractivity contribution in [1.29, 1.82) is 0 Å². The smallest absolute Gasteiger partial charge is 0.261 e. The lowest BCUT2D eigenvalue weighted by atomic mass is 9.97. The van der Waals surface area contributed by atoms with Gasteiger partial charge in [-0.15, -0.1) is 0 Å². The molecule has 1 fully saturated rings. The number of amides is 1. The number of anilines is 2. The molecule has 2 heterocycles. The first-order valence-electron chi connectivity index (χ1n) is 11.2. The van der Waals surface area contributed by atoms with Crippen LogP contribution in [0.4, 0.5) is 15.8 Å². The van der Waals surface area contributed by atoms with Crippen LogP contribution in [0.1, 0.15) is 18.4 Å². The van der Waals surface area contributed by atoms with E-state index in [2.05, 4.69) is 15.0 Å². The zero-order chi connectivity index (χ0) is 25.8. The van der Waals surface area contributed by atoms with Gasteiger partial charge in [0.25, 0.3) is 10.0 Å². The van der Waals surface area contributed by atoms with Crippen molar-refractivity contribution in [2.75, 3.05) is 23.1 Å². The number of sulfonamides is 2. The lowest BCUT2D eigenvalue weighted by molar-refractivity contribution is -0.120. The highest BCUT2D eigenvalue weighted by Crippen LogP contribution is 2.24. The van der Waals surface area contributed by atoms with Gasteiger partial charge in [0, 0.05) is 36.5 Å². The molecule has 2 N–H and O–H groups in total. The van der Waals surface area contributed by atoms with Crippen molar-refractivity contribution in [3.05, 3.63) is 84.4 Å². The van der Waals surface area contributed by atoms with E-state index in [1.165, 1.54) is 59.2 Å². The Morgan fingerprint density at radius 3 is 2.28 bits per heavy atom. The van der Waals surface area contributed by atoms with Crippen LogP contribution in [0.5, 0.6) is 0 Å². The van der Waals surface area contributed by atoms with Gasteiger partial charge in [0.2, 0.25) is 15.9 Å². The topological polar surface area (TPSA) is 126 Å². The van der Waals surface area contributed by atoms with Crippen LogP contribution in [-0.4, -0.2) is 45.1 Å². The summed E-state index contributed by atoms with van der Waals surface area (Å²) in [5.74, 6) is -1.67. The Bertz CT molecular complexity index is 1420. The number of piperidine rings is 1. The summed E-state index contributed by atoms with van der Waals surface area (Å²) in [5.41, 5.74) is 0.866. The van der Waals surface area contributed by atoms with Crippen molar-refractivity contribution in [2.24, 2.45) is 5.92 Å². The lowest BCUT2D eigenvalue weighted by Gasteiger charge is -2.30. The molecule has 190 valence electrons. The first-order valence-corrected chi connectivity index (χ1v) is 14.3. The molecule has 0 aliphatic carbocycles. The Balaban J connectivity index is 1.31. The van der Waals surface area contributed by atoms with Crippen LogP contribution in [0.2, 0.25) is 0 Å². The second kappa shape index (κ2) is 10.7. The van der Waals surface area contributed by atoms with Crippen LogP contribution in [0.25, 0.3) is 0 Å². The molecule has 4 rings (SSSR count). The highest BCUT2D eigenvalue weighted by molar-refractivity contribution is 7.92. The number of aromatic nitrogens is 1. The zero-order valence-corrected chi connectivity index (χ0v) is 20.8. The largest absolute Gasteiger partial charge is 0.326 e. The van der Waals surface area contributed by atoms with Gasteiger partial charge in [-0.1, -0.05) is 18.2 Å². The van der Waals surface area contributed by atoms with Gasteiger partial charge >= 0.3 is 0 Å². The fraction of sp³-hybridized carbons (Fsp3) is 0.250. The fourth-order valence-electron chi connectivity index (χ4n) is 3.90. The van der Waals surface area contributed by atoms with Gasteiger partial charge in [-0.2, -0.15) is 0 Å². The van der Waals surface area contributed by atoms with E-state index in [9.17, 15) is 26.0 Å². The molecule has 1 amide bonds. The number of pyridine rings is 1. The van der Waals surface area contributed by atoms with E-state index in [4.69, 9.17) is 0 Å². The van der Waals surface area contributed by atoms with Crippen molar-refractivity contribution in [2.45, 2.75) is 23.5 Å². The summed E-state index contributed by atoms with van der Waals surface area (Å²) in [6.45, 7) is 0.318. The third kappa shape index (κ3) is 6.25. The predicted molar refractivity (Wildman–Crippen MR) is 133 cm³/mol. The number of hydrogen-bond donors (Lipinski definition) is 2. The number of nitrogens with one attached hydrogen (secondary N) is 2. The molecule has 0 saturated carbocycles. The molecule has 9 nitrogen and oxygen atoms in total. The fourth-order valence-corrected chi connectivity index (χ4v) is 6.52. The minimum Gasteiger partial charge on any atom is -0.326 e. The molecule has 0 bridgehead atoms. The van der Waals surface area contributed by atoms with Gasteiger partial charge in [0.05, 0.1) is 22.5 Å². The number of nitrogens with zero attached hydrogens (tertiary/aromatic N) is 2. The van der Waals surface area contributed by atoms with Gasteiger partial charge < -0.3 is 5.32 Å². The number of hydrogen-bond acceptors (Lipinski definition) is 6. The number of benzene rings is 2. The molecular formula is C24H25FN4O5S2. The molecule has 1 aliphatic heterocycles. The first-order chi connectivity index (χ1) is 17.1. The maximum Gasteiger partial charge on any atom is 0.261 e. The number of rotatable bonds is 8. The molecular weight excluding hydrogens is 507 g/mol. The quantitative estimate of drug-likeness (QED) is 0.459. The van der Waals surface area contributed by atoms with Crippen molar-refractivity contribution in [3.63, 3.8) is 0 Å². The van der Waals surface area contributed by atoms with E-state index < -0.39 is 37.5 Å². The van der Waals surface area contributed by atoms with Gasteiger partial charge in [0.1, 0.15) is 5.82 Å². The first kappa shape index (κ1) is 25.7. The van der Waals surface area contributed by atoms with Gasteiger partial charge in [-0.3, -0.25) is 14.5 Å². The zero-order valence-electron chi connectivity index (χ0n) is 19.2. The Hall–Kier alpha value is -3.35. The standard InChI is InChI=1S/C24H25FN4O5S2/c25-23-6-2-1-4-19(23)17-35(31,32)29-14-11-18(12-15-29)24(30)27-20-7-9-22(10-8-20)36(33,34)28-21-5-3-13-26-16-21/h1-10,13,16,18,28H,11-12,14-15,17H2,(H,27,30).